The summed E-state index contributed by atoms with van der Waals surface area (Å²) in [6.07, 6.45) is 0. The van der Waals surface area contributed by atoms with Crippen molar-refractivity contribution < 1.29 is 9.90 Å². The van der Waals surface area contributed by atoms with Crippen LogP contribution in [0.2, 0.25) is 0 Å². The molecule has 0 spiro atoms. The summed E-state index contributed by atoms with van der Waals surface area (Å²) in [5.74, 6) is -0.402. The summed E-state index contributed by atoms with van der Waals surface area (Å²) in [6.45, 7) is 1.39. The predicted molar refractivity (Wildman–Crippen MR) is 54.6 cm³/mol. The Hall–Kier alpha value is -0.870. The summed E-state index contributed by atoms with van der Waals surface area (Å²) < 4.78 is 0.895. The molecule has 1 aromatic rings. The van der Waals surface area contributed by atoms with Gasteiger partial charge in [0.2, 0.25) is 5.91 Å². The van der Waals surface area contributed by atoms with Crippen molar-refractivity contribution in [1.82, 2.24) is 0 Å². The monoisotopic (exact) mass is 243 g/mol. The van der Waals surface area contributed by atoms with Crippen LogP contribution in [0.3, 0.4) is 0 Å². The van der Waals surface area contributed by atoms with E-state index in [2.05, 4.69) is 21.2 Å². The van der Waals surface area contributed by atoms with E-state index in [1.165, 1.54) is 0 Å². The van der Waals surface area contributed by atoms with Crippen molar-refractivity contribution in [2.24, 2.45) is 0 Å². The van der Waals surface area contributed by atoms with Gasteiger partial charge in [0.15, 0.2) is 0 Å². The largest absolute Gasteiger partial charge is 0.387 e. The minimum absolute atomic E-state index is 0.402. The van der Waals surface area contributed by atoms with Crippen LogP contribution in [0.25, 0.3) is 0 Å². The van der Waals surface area contributed by atoms with Crippen LogP contribution >= 0.6 is 15.9 Å². The first-order valence-corrected chi connectivity index (χ1v) is 4.59. The van der Waals surface area contributed by atoms with Crippen LogP contribution in [0, 0.1) is 6.92 Å². The van der Waals surface area contributed by atoms with Crippen molar-refractivity contribution in [3.63, 3.8) is 0 Å². The number of hydrogen-bond acceptors (Lipinski definition) is 2. The Kier molecular flexibility index (Phi) is 3.45. The molecule has 0 saturated carbocycles. The van der Waals surface area contributed by atoms with E-state index in [1.54, 1.807) is 6.07 Å². The number of aliphatic hydroxyl groups is 1. The molecule has 1 aromatic carbocycles. The van der Waals surface area contributed by atoms with Gasteiger partial charge in [-0.3, -0.25) is 4.79 Å². The fourth-order valence-electron chi connectivity index (χ4n) is 0.919. The van der Waals surface area contributed by atoms with Gasteiger partial charge >= 0.3 is 0 Å². The molecular formula is C9H10BrNO2. The number of amides is 1. The van der Waals surface area contributed by atoms with E-state index in [1.807, 2.05) is 19.1 Å². The van der Waals surface area contributed by atoms with Crippen LogP contribution in [-0.4, -0.2) is 17.6 Å². The summed E-state index contributed by atoms with van der Waals surface area (Å²) in [6, 6.07) is 5.57. The maximum atomic E-state index is 10.9. The molecule has 0 atom stereocenters. The van der Waals surface area contributed by atoms with Gasteiger partial charge in [-0.15, -0.1) is 0 Å². The first kappa shape index (κ1) is 10.2. The summed E-state index contributed by atoms with van der Waals surface area (Å²) >= 11 is 3.29. The van der Waals surface area contributed by atoms with Crippen molar-refractivity contribution in [2.45, 2.75) is 6.92 Å². The molecule has 4 heteroatoms. The molecule has 0 heterocycles. The molecule has 0 bridgehead atoms. The van der Waals surface area contributed by atoms with Gasteiger partial charge < -0.3 is 10.4 Å². The molecule has 1 amide bonds. The Morgan fingerprint density at radius 2 is 2.31 bits per heavy atom. The molecule has 2 N–H and O–H groups in total. The number of aryl methyl sites for hydroxylation is 1. The number of carbonyl (C=O) groups is 1. The van der Waals surface area contributed by atoms with Gasteiger partial charge in [-0.05, 0) is 24.6 Å². The molecular weight excluding hydrogens is 234 g/mol. The number of rotatable bonds is 2. The molecule has 13 heavy (non-hydrogen) atoms. The molecule has 0 aromatic heterocycles. The first-order valence-electron chi connectivity index (χ1n) is 3.80. The first-order chi connectivity index (χ1) is 6.13. The zero-order valence-corrected chi connectivity index (χ0v) is 8.76. The maximum Gasteiger partial charge on any atom is 0.250 e. The van der Waals surface area contributed by atoms with Crippen LogP contribution < -0.4 is 5.32 Å². The van der Waals surface area contributed by atoms with Crippen molar-refractivity contribution >= 4 is 27.5 Å². The van der Waals surface area contributed by atoms with Gasteiger partial charge in [-0.1, -0.05) is 22.0 Å². The van der Waals surface area contributed by atoms with E-state index in [4.69, 9.17) is 5.11 Å². The standard InChI is InChI=1S/C9H10BrNO2/c1-6-2-3-7(10)4-8(6)11-9(13)5-12/h2-4,12H,5H2,1H3,(H,11,13). The van der Waals surface area contributed by atoms with E-state index < -0.39 is 12.5 Å². The van der Waals surface area contributed by atoms with Gasteiger partial charge in [0.05, 0.1) is 0 Å². The number of halogens is 1. The number of aliphatic hydroxyl groups excluding tert-OH is 1. The highest BCUT2D eigenvalue weighted by Gasteiger charge is 2.02. The van der Waals surface area contributed by atoms with Crippen LogP contribution in [0.4, 0.5) is 5.69 Å². The summed E-state index contributed by atoms with van der Waals surface area (Å²) in [5, 5.41) is 11.1. The average molecular weight is 244 g/mol. The molecule has 0 unspecified atom stereocenters. The van der Waals surface area contributed by atoms with Gasteiger partial charge in [0.25, 0.3) is 0 Å². The van der Waals surface area contributed by atoms with E-state index in [0.29, 0.717) is 5.69 Å². The zero-order valence-electron chi connectivity index (χ0n) is 7.17. The average Bonchev–Trinajstić information content (AvgIpc) is 2.11. The van der Waals surface area contributed by atoms with Crippen LogP contribution in [0.15, 0.2) is 22.7 Å². The second-order valence-electron chi connectivity index (χ2n) is 2.67. The highest BCUT2D eigenvalue weighted by Crippen LogP contribution is 2.20. The third kappa shape index (κ3) is 2.82. The summed E-state index contributed by atoms with van der Waals surface area (Å²) in [7, 11) is 0. The minimum atomic E-state index is -0.494. The van der Waals surface area contributed by atoms with Gasteiger partial charge in [0, 0.05) is 10.2 Å². The Morgan fingerprint density at radius 1 is 1.62 bits per heavy atom. The maximum absolute atomic E-state index is 10.9. The molecule has 1 rings (SSSR count). The fraction of sp³-hybridized carbons (Fsp3) is 0.222. The lowest BCUT2D eigenvalue weighted by Gasteiger charge is -2.06. The fourth-order valence-corrected chi connectivity index (χ4v) is 1.28. The van der Waals surface area contributed by atoms with E-state index in [9.17, 15) is 4.79 Å². The van der Waals surface area contributed by atoms with Gasteiger partial charge in [0.1, 0.15) is 6.61 Å². The number of hydrogen-bond donors (Lipinski definition) is 2. The van der Waals surface area contributed by atoms with Crippen molar-refractivity contribution in [3.05, 3.63) is 28.2 Å². The second-order valence-corrected chi connectivity index (χ2v) is 3.58. The number of benzene rings is 1. The molecule has 0 aliphatic carbocycles. The molecule has 0 saturated heterocycles. The second kappa shape index (κ2) is 4.39. The number of anilines is 1. The van der Waals surface area contributed by atoms with Gasteiger partial charge in [-0.25, -0.2) is 0 Å². The Balaban J connectivity index is 2.87. The lowest BCUT2D eigenvalue weighted by Crippen LogP contribution is -2.16. The Labute approximate surface area is 84.9 Å². The number of carbonyl (C=O) groups excluding carboxylic acids is 1. The highest BCUT2D eigenvalue weighted by atomic mass is 79.9. The number of nitrogens with one attached hydrogen (secondary N) is 1. The zero-order chi connectivity index (χ0) is 9.84. The SMILES string of the molecule is Cc1ccc(Br)cc1NC(=O)CO. The Bertz CT molecular complexity index is 325. The Morgan fingerprint density at radius 3 is 2.92 bits per heavy atom. The topological polar surface area (TPSA) is 49.3 Å². The quantitative estimate of drug-likeness (QED) is 0.831. The van der Waals surface area contributed by atoms with Crippen molar-refractivity contribution in [2.75, 3.05) is 11.9 Å². The lowest BCUT2D eigenvalue weighted by atomic mass is 10.2. The van der Waals surface area contributed by atoms with E-state index in [0.717, 1.165) is 10.0 Å². The van der Waals surface area contributed by atoms with Crippen molar-refractivity contribution in [3.8, 4) is 0 Å². The molecule has 0 aliphatic heterocycles. The van der Waals surface area contributed by atoms with E-state index in [-0.39, 0.29) is 0 Å². The molecule has 0 fully saturated rings. The van der Waals surface area contributed by atoms with Crippen molar-refractivity contribution in [1.29, 1.82) is 0 Å². The smallest absolute Gasteiger partial charge is 0.250 e. The molecule has 0 radical (unpaired) electrons. The third-order valence-corrected chi connectivity index (χ3v) is 2.11. The van der Waals surface area contributed by atoms with E-state index >= 15 is 0 Å². The lowest BCUT2D eigenvalue weighted by molar-refractivity contribution is -0.118. The third-order valence-electron chi connectivity index (χ3n) is 1.62. The van der Waals surface area contributed by atoms with Crippen LogP contribution in [0.1, 0.15) is 5.56 Å². The normalized spacial score (nSPS) is 9.77. The molecule has 0 aliphatic rings. The molecule has 3 nitrogen and oxygen atoms in total. The summed E-state index contributed by atoms with van der Waals surface area (Å²) in [5.41, 5.74) is 1.68. The van der Waals surface area contributed by atoms with Crippen LogP contribution in [0.5, 0.6) is 0 Å². The summed E-state index contributed by atoms with van der Waals surface area (Å²) in [4.78, 5) is 10.9. The molecule has 70 valence electrons. The van der Waals surface area contributed by atoms with Gasteiger partial charge in [-0.2, -0.15) is 0 Å². The van der Waals surface area contributed by atoms with Crippen LogP contribution in [-0.2, 0) is 4.79 Å². The highest BCUT2D eigenvalue weighted by molar-refractivity contribution is 9.10. The predicted octanol–water partition coefficient (Wildman–Crippen LogP) is 1.69. The minimum Gasteiger partial charge on any atom is -0.387 e.